The number of rotatable bonds is 5. The molecule has 5 nitrogen and oxygen atoms in total. The number of halogens is 1. The summed E-state index contributed by atoms with van der Waals surface area (Å²) < 4.78 is 5.18. The van der Waals surface area contributed by atoms with Gasteiger partial charge >= 0.3 is 0 Å². The summed E-state index contributed by atoms with van der Waals surface area (Å²) in [6.45, 7) is 4.01. The molecule has 2 aromatic rings. The topological polar surface area (TPSA) is 74.1 Å². The molecule has 0 fully saturated rings. The van der Waals surface area contributed by atoms with Gasteiger partial charge in [0.1, 0.15) is 17.4 Å². The average molecular weight is 356 g/mol. The van der Waals surface area contributed by atoms with E-state index in [1.54, 1.807) is 18.2 Å². The number of hydrogen-bond acceptors (Lipinski definition) is 4. The van der Waals surface area contributed by atoms with Gasteiger partial charge in [-0.25, -0.2) is 0 Å². The molecule has 0 saturated carbocycles. The first kappa shape index (κ1) is 18.4. The summed E-state index contributed by atoms with van der Waals surface area (Å²) in [5, 5.41) is 15.3. The van der Waals surface area contributed by atoms with Crippen molar-refractivity contribution >= 4 is 28.9 Å². The molecule has 0 aliphatic carbocycles. The molecule has 25 heavy (non-hydrogen) atoms. The van der Waals surface area contributed by atoms with E-state index < -0.39 is 5.91 Å². The third-order valence-electron chi connectivity index (χ3n) is 3.66. The number of nitrogens with one attached hydrogen (secondary N) is 2. The van der Waals surface area contributed by atoms with E-state index in [0.717, 1.165) is 11.3 Å². The molecule has 0 atom stereocenters. The van der Waals surface area contributed by atoms with Crippen molar-refractivity contribution in [2.75, 3.05) is 17.7 Å². The van der Waals surface area contributed by atoms with Crippen LogP contribution in [0.3, 0.4) is 0 Å². The van der Waals surface area contributed by atoms with Crippen LogP contribution >= 0.6 is 11.6 Å². The van der Waals surface area contributed by atoms with Crippen LogP contribution < -0.4 is 15.4 Å². The summed E-state index contributed by atoms with van der Waals surface area (Å²) in [5.74, 6) is -0.100. The molecule has 0 bridgehead atoms. The second-order valence-corrected chi connectivity index (χ2v) is 5.85. The number of benzene rings is 2. The van der Waals surface area contributed by atoms with Crippen molar-refractivity contribution in [3.63, 3.8) is 0 Å². The van der Waals surface area contributed by atoms with E-state index in [1.165, 1.54) is 18.9 Å². The molecular weight excluding hydrogens is 338 g/mol. The average Bonchev–Trinajstić information content (AvgIpc) is 2.58. The summed E-state index contributed by atoms with van der Waals surface area (Å²) in [5.41, 5.74) is 3.41. The number of ether oxygens (including phenoxy) is 1. The Labute approximate surface area is 151 Å². The lowest BCUT2D eigenvalue weighted by molar-refractivity contribution is -0.112. The maximum absolute atomic E-state index is 12.3. The largest absolute Gasteiger partial charge is 0.495 e. The van der Waals surface area contributed by atoms with Gasteiger partial charge < -0.3 is 15.4 Å². The zero-order valence-electron chi connectivity index (χ0n) is 14.2. The van der Waals surface area contributed by atoms with Gasteiger partial charge in [0.15, 0.2) is 0 Å². The van der Waals surface area contributed by atoms with E-state index in [4.69, 9.17) is 16.3 Å². The second kappa shape index (κ2) is 8.22. The molecule has 0 aliphatic heterocycles. The van der Waals surface area contributed by atoms with Crippen molar-refractivity contribution in [2.45, 2.75) is 13.8 Å². The van der Waals surface area contributed by atoms with Crippen LogP contribution in [0.2, 0.25) is 5.02 Å². The minimum Gasteiger partial charge on any atom is -0.495 e. The number of amides is 1. The van der Waals surface area contributed by atoms with Gasteiger partial charge in [-0.1, -0.05) is 17.7 Å². The van der Waals surface area contributed by atoms with Gasteiger partial charge in [-0.3, -0.25) is 4.79 Å². The zero-order valence-corrected chi connectivity index (χ0v) is 14.9. The number of hydrogen-bond donors (Lipinski definition) is 2. The third kappa shape index (κ3) is 4.75. The number of nitriles is 1. The molecular formula is C19H18ClN3O2. The molecule has 0 spiro atoms. The Kier molecular flexibility index (Phi) is 6.04. The highest BCUT2D eigenvalue weighted by atomic mass is 35.5. The van der Waals surface area contributed by atoms with Crippen LogP contribution in [0.25, 0.3) is 0 Å². The predicted octanol–water partition coefficient (Wildman–Crippen LogP) is 4.42. The quantitative estimate of drug-likeness (QED) is 0.615. The maximum Gasteiger partial charge on any atom is 0.267 e. The van der Waals surface area contributed by atoms with E-state index in [-0.39, 0.29) is 5.57 Å². The van der Waals surface area contributed by atoms with E-state index in [1.807, 2.05) is 38.1 Å². The molecule has 0 unspecified atom stereocenters. The highest BCUT2D eigenvalue weighted by Gasteiger charge is 2.13. The molecule has 128 valence electrons. The lowest BCUT2D eigenvalue weighted by Crippen LogP contribution is -2.15. The molecule has 0 aromatic heterocycles. The van der Waals surface area contributed by atoms with Gasteiger partial charge in [-0.05, 0) is 55.3 Å². The first-order chi connectivity index (χ1) is 11.9. The van der Waals surface area contributed by atoms with E-state index in [0.29, 0.717) is 16.5 Å². The van der Waals surface area contributed by atoms with Gasteiger partial charge in [0.25, 0.3) is 5.91 Å². The molecule has 0 radical (unpaired) electrons. The Balaban J connectivity index is 2.17. The molecule has 6 heteroatoms. The van der Waals surface area contributed by atoms with E-state index in [2.05, 4.69) is 10.6 Å². The summed E-state index contributed by atoms with van der Waals surface area (Å²) in [4.78, 5) is 12.3. The number of carbonyl (C=O) groups is 1. The normalized spacial score (nSPS) is 10.8. The molecule has 2 rings (SSSR count). The van der Waals surface area contributed by atoms with Crippen LogP contribution in [-0.4, -0.2) is 13.0 Å². The summed E-state index contributed by atoms with van der Waals surface area (Å²) in [6.07, 6.45) is 1.37. The van der Waals surface area contributed by atoms with Crippen LogP contribution in [0.5, 0.6) is 5.75 Å². The highest BCUT2D eigenvalue weighted by molar-refractivity contribution is 6.31. The number of carbonyl (C=O) groups excluding carboxylic acids is 1. The maximum atomic E-state index is 12.3. The SMILES string of the molecule is COc1ccc(Cl)cc1NC(=O)/C(C#N)=C\Nc1ccc(C)c(C)c1. The van der Waals surface area contributed by atoms with Crippen LogP contribution in [-0.2, 0) is 4.79 Å². The first-order valence-electron chi connectivity index (χ1n) is 7.53. The molecule has 2 aromatic carbocycles. The highest BCUT2D eigenvalue weighted by Crippen LogP contribution is 2.28. The van der Waals surface area contributed by atoms with Crippen molar-refractivity contribution in [2.24, 2.45) is 0 Å². The summed E-state index contributed by atoms with van der Waals surface area (Å²) >= 11 is 5.94. The molecule has 2 N–H and O–H groups in total. The lowest BCUT2D eigenvalue weighted by atomic mass is 10.1. The summed E-state index contributed by atoms with van der Waals surface area (Å²) in [6, 6.07) is 12.5. The van der Waals surface area contributed by atoms with Crippen molar-refractivity contribution in [3.8, 4) is 11.8 Å². The molecule has 0 saturated heterocycles. The van der Waals surface area contributed by atoms with Crippen molar-refractivity contribution in [1.29, 1.82) is 5.26 Å². The Hall–Kier alpha value is -2.97. The fraction of sp³-hybridized carbons (Fsp3) is 0.158. The smallest absolute Gasteiger partial charge is 0.267 e. The van der Waals surface area contributed by atoms with Gasteiger partial charge in [0.2, 0.25) is 0 Å². The van der Waals surface area contributed by atoms with E-state index in [9.17, 15) is 10.1 Å². The standard InChI is InChI=1S/C19H18ClN3O2/c1-12-4-6-16(8-13(12)2)22-11-14(10-21)19(24)23-17-9-15(20)5-7-18(17)25-3/h4-9,11,22H,1-3H3,(H,23,24)/b14-11-. The molecule has 1 amide bonds. The van der Waals surface area contributed by atoms with Crippen molar-refractivity contribution in [3.05, 3.63) is 64.3 Å². The lowest BCUT2D eigenvalue weighted by Gasteiger charge is -2.10. The zero-order chi connectivity index (χ0) is 18.4. The number of aryl methyl sites for hydroxylation is 2. The van der Waals surface area contributed by atoms with Crippen LogP contribution in [0.4, 0.5) is 11.4 Å². The van der Waals surface area contributed by atoms with Gasteiger partial charge in [-0.2, -0.15) is 5.26 Å². The third-order valence-corrected chi connectivity index (χ3v) is 3.90. The fourth-order valence-electron chi connectivity index (χ4n) is 2.10. The van der Waals surface area contributed by atoms with Crippen LogP contribution in [0.15, 0.2) is 48.2 Å². The van der Waals surface area contributed by atoms with Gasteiger partial charge in [-0.15, -0.1) is 0 Å². The Morgan fingerprint density at radius 2 is 1.96 bits per heavy atom. The van der Waals surface area contributed by atoms with Crippen molar-refractivity contribution < 1.29 is 9.53 Å². The number of methoxy groups -OCH3 is 1. The number of nitrogens with zero attached hydrogens (tertiary/aromatic N) is 1. The Morgan fingerprint density at radius 1 is 1.20 bits per heavy atom. The first-order valence-corrected chi connectivity index (χ1v) is 7.91. The fourth-order valence-corrected chi connectivity index (χ4v) is 2.27. The minimum atomic E-state index is -0.556. The Bertz CT molecular complexity index is 869. The van der Waals surface area contributed by atoms with Crippen LogP contribution in [0, 0.1) is 25.2 Å². The van der Waals surface area contributed by atoms with Gasteiger partial charge in [0, 0.05) is 16.9 Å². The van der Waals surface area contributed by atoms with Crippen molar-refractivity contribution in [1.82, 2.24) is 0 Å². The monoisotopic (exact) mass is 355 g/mol. The molecule has 0 heterocycles. The Morgan fingerprint density at radius 3 is 2.60 bits per heavy atom. The minimum absolute atomic E-state index is 0.0692. The summed E-state index contributed by atoms with van der Waals surface area (Å²) in [7, 11) is 1.49. The second-order valence-electron chi connectivity index (χ2n) is 5.41. The molecule has 0 aliphatic rings. The number of anilines is 2. The predicted molar refractivity (Wildman–Crippen MR) is 99.9 cm³/mol. The van der Waals surface area contributed by atoms with Gasteiger partial charge in [0.05, 0.1) is 12.8 Å². The van der Waals surface area contributed by atoms with E-state index >= 15 is 0 Å². The van der Waals surface area contributed by atoms with Crippen LogP contribution in [0.1, 0.15) is 11.1 Å².